The van der Waals surface area contributed by atoms with Crippen LogP contribution in [0.3, 0.4) is 0 Å². The van der Waals surface area contributed by atoms with Gasteiger partial charge in [0.2, 0.25) is 5.91 Å². The topological polar surface area (TPSA) is 69.6 Å². The van der Waals surface area contributed by atoms with Crippen molar-refractivity contribution in [3.63, 3.8) is 0 Å². The molecule has 6 heteroatoms. The first-order valence-electron chi connectivity index (χ1n) is 7.63. The quantitative estimate of drug-likeness (QED) is 0.899. The lowest BCUT2D eigenvalue weighted by molar-refractivity contribution is -0.115. The highest BCUT2D eigenvalue weighted by Crippen LogP contribution is 2.31. The Hall–Kier alpha value is -2.47. The van der Waals surface area contributed by atoms with E-state index in [0.717, 1.165) is 16.2 Å². The molecule has 3 rings (SSSR count). The van der Waals surface area contributed by atoms with E-state index in [9.17, 15) is 14.7 Å². The SMILES string of the molecule is CN(Cc1ccc(O)cc1)C(=O)c1ccc2c(c1)NC(=O)CCS2. The van der Waals surface area contributed by atoms with E-state index >= 15 is 0 Å². The van der Waals surface area contributed by atoms with E-state index in [2.05, 4.69) is 5.32 Å². The monoisotopic (exact) mass is 342 g/mol. The number of rotatable bonds is 3. The third kappa shape index (κ3) is 3.71. The number of fused-ring (bicyclic) bond motifs is 1. The number of phenolic OH excluding ortho intramolecular Hbond substituents is 1. The zero-order valence-electron chi connectivity index (χ0n) is 13.3. The average molecular weight is 342 g/mol. The third-order valence-electron chi connectivity index (χ3n) is 3.79. The van der Waals surface area contributed by atoms with E-state index < -0.39 is 0 Å². The predicted octanol–water partition coefficient (Wildman–Crippen LogP) is 3.10. The number of hydrogen-bond donors (Lipinski definition) is 2. The first-order valence-corrected chi connectivity index (χ1v) is 8.61. The number of benzene rings is 2. The normalized spacial score (nSPS) is 13.6. The van der Waals surface area contributed by atoms with Crippen molar-refractivity contribution in [3.05, 3.63) is 53.6 Å². The Morgan fingerprint density at radius 3 is 2.75 bits per heavy atom. The van der Waals surface area contributed by atoms with E-state index in [-0.39, 0.29) is 17.6 Å². The third-order valence-corrected chi connectivity index (χ3v) is 4.87. The Morgan fingerprint density at radius 2 is 2.00 bits per heavy atom. The van der Waals surface area contributed by atoms with Crippen molar-refractivity contribution in [2.75, 3.05) is 18.1 Å². The van der Waals surface area contributed by atoms with Crippen LogP contribution < -0.4 is 5.32 Å². The van der Waals surface area contributed by atoms with Crippen LogP contribution in [0.2, 0.25) is 0 Å². The minimum absolute atomic E-state index is 0.0247. The summed E-state index contributed by atoms with van der Waals surface area (Å²) in [5.74, 6) is 0.803. The summed E-state index contributed by atoms with van der Waals surface area (Å²) in [6, 6.07) is 12.2. The fraction of sp³-hybridized carbons (Fsp3) is 0.222. The van der Waals surface area contributed by atoms with Crippen molar-refractivity contribution >= 4 is 29.3 Å². The molecule has 1 aliphatic rings. The van der Waals surface area contributed by atoms with Crippen LogP contribution >= 0.6 is 11.8 Å². The number of nitrogens with one attached hydrogen (secondary N) is 1. The van der Waals surface area contributed by atoms with Crippen molar-refractivity contribution in [2.45, 2.75) is 17.9 Å². The van der Waals surface area contributed by atoms with E-state index in [1.807, 2.05) is 6.07 Å². The molecule has 0 unspecified atom stereocenters. The van der Waals surface area contributed by atoms with Gasteiger partial charge in [-0.2, -0.15) is 0 Å². The molecule has 1 aliphatic heterocycles. The predicted molar refractivity (Wildman–Crippen MR) is 94.3 cm³/mol. The molecule has 24 heavy (non-hydrogen) atoms. The standard InChI is InChI=1S/C18H18N2O3S/c1-20(11-12-2-5-14(21)6-3-12)18(23)13-4-7-16-15(10-13)19-17(22)8-9-24-16/h2-7,10,21H,8-9,11H2,1H3,(H,19,22). The van der Waals surface area contributed by atoms with Gasteiger partial charge < -0.3 is 15.3 Å². The van der Waals surface area contributed by atoms with Crippen molar-refractivity contribution in [1.29, 1.82) is 0 Å². The number of carbonyl (C=O) groups excluding carboxylic acids is 2. The van der Waals surface area contributed by atoms with Crippen LogP contribution in [-0.4, -0.2) is 34.6 Å². The smallest absolute Gasteiger partial charge is 0.253 e. The average Bonchev–Trinajstić information content (AvgIpc) is 2.76. The number of phenols is 1. The Bertz CT molecular complexity index is 774. The van der Waals surface area contributed by atoms with Crippen LogP contribution in [0.5, 0.6) is 5.75 Å². The molecular formula is C18H18N2O3S. The molecule has 0 spiro atoms. The highest BCUT2D eigenvalue weighted by atomic mass is 32.2. The van der Waals surface area contributed by atoms with E-state index in [1.54, 1.807) is 60.1 Å². The number of anilines is 1. The molecule has 0 radical (unpaired) electrons. The second-order valence-electron chi connectivity index (χ2n) is 5.69. The highest BCUT2D eigenvalue weighted by molar-refractivity contribution is 7.99. The number of aromatic hydroxyl groups is 1. The van der Waals surface area contributed by atoms with Gasteiger partial charge in [-0.1, -0.05) is 12.1 Å². The van der Waals surface area contributed by atoms with Gasteiger partial charge in [0.15, 0.2) is 0 Å². The summed E-state index contributed by atoms with van der Waals surface area (Å²) in [7, 11) is 1.73. The molecule has 0 aliphatic carbocycles. The Kier molecular flexibility index (Phi) is 4.76. The summed E-state index contributed by atoms with van der Waals surface area (Å²) in [4.78, 5) is 26.9. The molecule has 124 valence electrons. The molecule has 1 heterocycles. The summed E-state index contributed by atoms with van der Waals surface area (Å²) < 4.78 is 0. The van der Waals surface area contributed by atoms with Crippen LogP contribution in [0.25, 0.3) is 0 Å². The highest BCUT2D eigenvalue weighted by Gasteiger charge is 2.17. The van der Waals surface area contributed by atoms with E-state index in [0.29, 0.717) is 24.2 Å². The number of carbonyl (C=O) groups is 2. The number of thioether (sulfide) groups is 1. The molecule has 2 aromatic rings. The number of hydrogen-bond acceptors (Lipinski definition) is 4. The van der Waals surface area contributed by atoms with Crippen LogP contribution in [0.15, 0.2) is 47.4 Å². The molecular weight excluding hydrogens is 324 g/mol. The zero-order chi connectivity index (χ0) is 17.1. The molecule has 0 aromatic heterocycles. The fourth-order valence-electron chi connectivity index (χ4n) is 2.52. The summed E-state index contributed by atoms with van der Waals surface area (Å²) in [5, 5.41) is 12.2. The minimum Gasteiger partial charge on any atom is -0.508 e. The molecule has 0 atom stereocenters. The van der Waals surface area contributed by atoms with Crippen LogP contribution in [-0.2, 0) is 11.3 Å². The summed E-state index contributed by atoms with van der Waals surface area (Å²) in [5.41, 5.74) is 2.17. The molecule has 0 fully saturated rings. The summed E-state index contributed by atoms with van der Waals surface area (Å²) in [6.45, 7) is 0.442. The maximum absolute atomic E-state index is 12.6. The van der Waals surface area contributed by atoms with Crippen molar-refractivity contribution < 1.29 is 14.7 Å². The largest absolute Gasteiger partial charge is 0.508 e. The van der Waals surface area contributed by atoms with Gasteiger partial charge in [0.1, 0.15) is 5.75 Å². The van der Waals surface area contributed by atoms with Gasteiger partial charge in [-0.25, -0.2) is 0 Å². The van der Waals surface area contributed by atoms with Crippen molar-refractivity contribution in [2.24, 2.45) is 0 Å². The van der Waals surface area contributed by atoms with Gasteiger partial charge in [0, 0.05) is 36.2 Å². The number of amides is 2. The summed E-state index contributed by atoms with van der Waals surface area (Å²) in [6.07, 6.45) is 0.476. The number of nitrogens with zero attached hydrogens (tertiary/aromatic N) is 1. The van der Waals surface area contributed by atoms with E-state index in [1.165, 1.54) is 0 Å². The second-order valence-corrected chi connectivity index (χ2v) is 6.82. The van der Waals surface area contributed by atoms with Gasteiger partial charge in [-0.3, -0.25) is 9.59 Å². The maximum Gasteiger partial charge on any atom is 0.253 e. The Balaban J connectivity index is 1.76. The summed E-state index contributed by atoms with van der Waals surface area (Å²) >= 11 is 1.61. The van der Waals surface area contributed by atoms with Crippen molar-refractivity contribution in [1.82, 2.24) is 4.90 Å². The molecule has 0 saturated heterocycles. The van der Waals surface area contributed by atoms with Crippen LogP contribution in [0.1, 0.15) is 22.3 Å². The van der Waals surface area contributed by atoms with Gasteiger partial charge >= 0.3 is 0 Å². The first kappa shape index (κ1) is 16.4. The molecule has 5 nitrogen and oxygen atoms in total. The van der Waals surface area contributed by atoms with Gasteiger partial charge in [-0.15, -0.1) is 11.8 Å². The first-order chi connectivity index (χ1) is 11.5. The lowest BCUT2D eigenvalue weighted by Gasteiger charge is -2.18. The second kappa shape index (κ2) is 6.97. The Morgan fingerprint density at radius 1 is 1.25 bits per heavy atom. The minimum atomic E-state index is -0.116. The lowest BCUT2D eigenvalue weighted by Crippen LogP contribution is -2.26. The maximum atomic E-state index is 12.6. The molecule has 0 bridgehead atoms. The molecule has 2 amide bonds. The van der Waals surface area contributed by atoms with Crippen LogP contribution in [0, 0.1) is 0 Å². The Labute approximate surface area is 144 Å². The van der Waals surface area contributed by atoms with Gasteiger partial charge in [0.05, 0.1) is 5.69 Å². The molecule has 2 N–H and O–H groups in total. The van der Waals surface area contributed by atoms with Gasteiger partial charge in [-0.05, 0) is 35.9 Å². The van der Waals surface area contributed by atoms with Gasteiger partial charge in [0.25, 0.3) is 5.91 Å². The van der Waals surface area contributed by atoms with Crippen molar-refractivity contribution in [3.8, 4) is 5.75 Å². The molecule has 2 aromatic carbocycles. The zero-order valence-corrected chi connectivity index (χ0v) is 14.1. The fourth-order valence-corrected chi connectivity index (χ4v) is 3.46. The van der Waals surface area contributed by atoms with Crippen LogP contribution in [0.4, 0.5) is 5.69 Å². The lowest BCUT2D eigenvalue weighted by atomic mass is 10.1. The van der Waals surface area contributed by atoms with E-state index in [4.69, 9.17) is 0 Å². The molecule has 0 saturated carbocycles.